The number of nitrogens with one attached hydrogen (secondary N) is 2. The van der Waals surface area contributed by atoms with Crippen LogP contribution < -0.4 is 10.0 Å². The molecule has 0 spiro atoms. The van der Waals surface area contributed by atoms with Crippen LogP contribution in [0.5, 0.6) is 0 Å². The fourth-order valence-corrected chi connectivity index (χ4v) is 3.16. The first-order valence-electron chi connectivity index (χ1n) is 6.86. The normalized spacial score (nSPS) is 21.0. The van der Waals surface area contributed by atoms with Crippen LogP contribution in [0, 0.1) is 5.92 Å². The lowest BCUT2D eigenvalue weighted by molar-refractivity contribution is -0.127. The van der Waals surface area contributed by atoms with Crippen molar-refractivity contribution in [3.8, 4) is 0 Å². The molecule has 2 N–H and O–H groups in total. The molecule has 1 heterocycles. The van der Waals surface area contributed by atoms with E-state index in [0.29, 0.717) is 12.3 Å². The average molecular weight is 306 g/mol. The summed E-state index contributed by atoms with van der Waals surface area (Å²) in [5.74, 6) is 0.0995. The lowest BCUT2D eigenvalue weighted by atomic mass is 9.97. The second-order valence-electron chi connectivity index (χ2n) is 4.94. The Labute approximate surface area is 128 Å². The molecule has 1 saturated heterocycles. The van der Waals surface area contributed by atoms with Gasteiger partial charge < -0.3 is 10.1 Å². The van der Waals surface area contributed by atoms with Crippen molar-refractivity contribution in [2.45, 2.75) is 25.4 Å². The van der Waals surface area contributed by atoms with E-state index in [4.69, 9.17) is 0 Å². The zero-order chi connectivity index (χ0) is 15.1. The quantitative estimate of drug-likeness (QED) is 0.582. The summed E-state index contributed by atoms with van der Waals surface area (Å²) in [6.45, 7) is 0.461. The Morgan fingerprint density at radius 2 is 2.05 bits per heavy atom. The summed E-state index contributed by atoms with van der Waals surface area (Å²) in [5.41, 5.74) is 1.02. The molecule has 0 saturated carbocycles. The van der Waals surface area contributed by atoms with Gasteiger partial charge in [0.15, 0.2) is 5.78 Å². The lowest BCUT2D eigenvalue weighted by Crippen LogP contribution is -2.36. The molecule has 1 aliphatic rings. The van der Waals surface area contributed by atoms with Gasteiger partial charge in [-0.1, -0.05) is 42.3 Å². The molecule has 2 atom stereocenters. The highest BCUT2D eigenvalue weighted by atomic mass is 32.2. The first kappa shape index (κ1) is 15.7. The molecule has 0 aromatic heterocycles. The fraction of sp³-hybridized carbons (Fsp3) is 0.400. The van der Waals surface area contributed by atoms with E-state index < -0.39 is 6.04 Å². The Bertz CT molecular complexity index is 507. The Morgan fingerprint density at radius 3 is 2.76 bits per heavy atom. The van der Waals surface area contributed by atoms with Gasteiger partial charge in [-0.05, 0) is 5.56 Å². The van der Waals surface area contributed by atoms with Crippen LogP contribution >= 0.6 is 11.9 Å². The number of hydrogen-bond donors (Lipinski definition) is 2. The van der Waals surface area contributed by atoms with Gasteiger partial charge in [-0.3, -0.25) is 14.3 Å². The molecule has 0 aliphatic carbocycles. The summed E-state index contributed by atoms with van der Waals surface area (Å²) in [5, 5.41) is 2.78. The van der Waals surface area contributed by atoms with Gasteiger partial charge in [0, 0.05) is 31.1 Å². The smallest absolute Gasteiger partial charge is 0.220 e. The number of carbonyl (C=O) groups is 3. The average Bonchev–Trinajstić information content (AvgIpc) is 3.00. The Kier molecular flexibility index (Phi) is 5.95. The van der Waals surface area contributed by atoms with Crippen molar-refractivity contribution >= 4 is 29.9 Å². The van der Waals surface area contributed by atoms with Crippen molar-refractivity contribution in [2.24, 2.45) is 5.92 Å². The van der Waals surface area contributed by atoms with E-state index in [1.807, 2.05) is 30.3 Å². The van der Waals surface area contributed by atoms with Crippen molar-refractivity contribution in [2.75, 3.05) is 5.75 Å². The Hall–Kier alpha value is -1.66. The highest BCUT2D eigenvalue weighted by molar-refractivity contribution is 7.97. The van der Waals surface area contributed by atoms with Crippen molar-refractivity contribution in [1.29, 1.82) is 0 Å². The standard InChI is InChI=1S/C15H18N2O3S/c18-9-12-10-21-17-15(12)13(19)6-7-14(20)16-8-11-4-2-1-3-5-11/h1-5,9,12,15,17H,6-8,10H2,(H,16,20)/t12-,15?/m1/s1. The summed E-state index contributed by atoms with van der Waals surface area (Å²) in [7, 11) is 0. The summed E-state index contributed by atoms with van der Waals surface area (Å²) < 4.78 is 2.94. The van der Waals surface area contributed by atoms with E-state index in [1.54, 1.807) is 0 Å². The van der Waals surface area contributed by atoms with Crippen molar-refractivity contribution in [1.82, 2.24) is 10.0 Å². The van der Waals surface area contributed by atoms with Crippen LogP contribution in [0.25, 0.3) is 0 Å². The third-order valence-corrected chi connectivity index (χ3v) is 4.34. The molecule has 5 nitrogen and oxygen atoms in total. The molecule has 1 aliphatic heterocycles. The maximum Gasteiger partial charge on any atom is 0.220 e. The molecule has 1 amide bonds. The van der Waals surface area contributed by atoms with Gasteiger partial charge in [0.05, 0.1) is 6.04 Å². The minimum Gasteiger partial charge on any atom is -0.352 e. The molecule has 0 bridgehead atoms. The van der Waals surface area contributed by atoms with Gasteiger partial charge in [0.1, 0.15) is 6.29 Å². The van der Waals surface area contributed by atoms with E-state index in [2.05, 4.69) is 10.0 Å². The maximum absolute atomic E-state index is 12.0. The maximum atomic E-state index is 12.0. The van der Waals surface area contributed by atoms with Crippen LogP contribution in [0.3, 0.4) is 0 Å². The molecule has 112 valence electrons. The van der Waals surface area contributed by atoms with Crippen molar-refractivity contribution in [3.05, 3.63) is 35.9 Å². The van der Waals surface area contributed by atoms with Crippen molar-refractivity contribution in [3.63, 3.8) is 0 Å². The predicted molar refractivity (Wildman–Crippen MR) is 81.5 cm³/mol. The van der Waals surface area contributed by atoms with Gasteiger partial charge in [-0.2, -0.15) is 0 Å². The monoisotopic (exact) mass is 306 g/mol. The Balaban J connectivity index is 1.71. The van der Waals surface area contributed by atoms with Crippen LogP contribution in [0.4, 0.5) is 0 Å². The van der Waals surface area contributed by atoms with Crippen LogP contribution in [0.2, 0.25) is 0 Å². The zero-order valence-electron chi connectivity index (χ0n) is 11.6. The number of benzene rings is 1. The molecular weight excluding hydrogens is 288 g/mol. The van der Waals surface area contributed by atoms with Crippen LogP contribution in [-0.4, -0.2) is 29.8 Å². The molecule has 1 unspecified atom stereocenters. The minimum absolute atomic E-state index is 0.0769. The van der Waals surface area contributed by atoms with E-state index >= 15 is 0 Å². The lowest BCUT2D eigenvalue weighted by Gasteiger charge is -2.12. The molecular formula is C15H18N2O3S. The van der Waals surface area contributed by atoms with E-state index in [0.717, 1.165) is 11.8 Å². The number of rotatable bonds is 7. The van der Waals surface area contributed by atoms with Gasteiger partial charge in [0.2, 0.25) is 5.91 Å². The number of aldehydes is 1. The predicted octanol–water partition coefficient (Wildman–Crippen LogP) is 1.09. The van der Waals surface area contributed by atoms with Gasteiger partial charge in [-0.15, -0.1) is 0 Å². The first-order chi connectivity index (χ1) is 10.2. The van der Waals surface area contributed by atoms with Crippen molar-refractivity contribution < 1.29 is 14.4 Å². The van der Waals surface area contributed by atoms with E-state index in [1.165, 1.54) is 11.9 Å². The second kappa shape index (κ2) is 7.95. The number of ketones is 1. The largest absolute Gasteiger partial charge is 0.352 e. The molecule has 6 heteroatoms. The fourth-order valence-electron chi connectivity index (χ4n) is 2.12. The summed E-state index contributed by atoms with van der Waals surface area (Å²) in [6.07, 6.45) is 1.12. The highest BCUT2D eigenvalue weighted by Crippen LogP contribution is 2.20. The summed E-state index contributed by atoms with van der Waals surface area (Å²) >= 11 is 1.38. The van der Waals surface area contributed by atoms with Gasteiger partial charge in [0.25, 0.3) is 0 Å². The third-order valence-electron chi connectivity index (χ3n) is 3.37. The Morgan fingerprint density at radius 1 is 1.29 bits per heavy atom. The SMILES string of the molecule is O=C[C@@H]1CSNC1C(=O)CCC(=O)NCc1ccccc1. The first-order valence-corrected chi connectivity index (χ1v) is 7.85. The van der Waals surface area contributed by atoms with Crippen LogP contribution in [0.1, 0.15) is 18.4 Å². The van der Waals surface area contributed by atoms with Crippen LogP contribution in [-0.2, 0) is 20.9 Å². The molecule has 2 rings (SSSR count). The van der Waals surface area contributed by atoms with E-state index in [-0.39, 0.29) is 30.4 Å². The molecule has 1 aromatic carbocycles. The molecule has 1 aromatic rings. The third kappa shape index (κ3) is 4.68. The number of carbonyl (C=O) groups excluding carboxylic acids is 3. The second-order valence-corrected chi connectivity index (χ2v) is 5.79. The number of hydrogen-bond acceptors (Lipinski definition) is 5. The molecule has 1 fully saturated rings. The number of amides is 1. The molecule has 0 radical (unpaired) electrons. The minimum atomic E-state index is -0.450. The topological polar surface area (TPSA) is 75.3 Å². The zero-order valence-corrected chi connectivity index (χ0v) is 12.4. The van der Waals surface area contributed by atoms with E-state index in [9.17, 15) is 14.4 Å². The number of Topliss-reactive ketones (excluding diaryl/α,β-unsaturated/α-hetero) is 1. The van der Waals surface area contributed by atoms with Gasteiger partial charge in [-0.25, -0.2) is 0 Å². The van der Waals surface area contributed by atoms with Gasteiger partial charge >= 0.3 is 0 Å². The highest BCUT2D eigenvalue weighted by Gasteiger charge is 2.32. The summed E-state index contributed by atoms with van der Waals surface area (Å²) in [4.78, 5) is 34.5. The summed E-state index contributed by atoms with van der Waals surface area (Å²) in [6, 6.07) is 9.15. The molecule has 21 heavy (non-hydrogen) atoms. The van der Waals surface area contributed by atoms with Crippen LogP contribution in [0.15, 0.2) is 30.3 Å².